The molecular weight excluding hydrogens is 250 g/mol. The minimum absolute atomic E-state index is 0.372. The summed E-state index contributed by atoms with van der Waals surface area (Å²) in [5.41, 5.74) is 1.30. The molecule has 0 aliphatic rings. The lowest BCUT2D eigenvalue weighted by Gasteiger charge is -2.10. The Bertz CT molecular complexity index is 433. The van der Waals surface area contributed by atoms with Gasteiger partial charge >= 0.3 is 0 Å². The van der Waals surface area contributed by atoms with Crippen LogP contribution < -0.4 is 4.72 Å². The molecule has 90 valence electrons. The maximum absolute atomic E-state index is 11.3. The quantitative estimate of drug-likeness (QED) is 0.801. The van der Waals surface area contributed by atoms with Gasteiger partial charge in [0.05, 0.1) is 12.3 Å². The summed E-state index contributed by atoms with van der Waals surface area (Å²) < 4.78 is 30.3. The van der Waals surface area contributed by atoms with Crippen LogP contribution in [0.15, 0.2) is 24.3 Å². The highest BCUT2D eigenvalue weighted by Gasteiger charge is 2.10. The zero-order chi connectivity index (χ0) is 12.0. The molecule has 0 amide bonds. The van der Waals surface area contributed by atoms with Crippen molar-refractivity contribution in [1.82, 2.24) is 0 Å². The highest BCUT2D eigenvalue weighted by Crippen LogP contribution is 2.17. The van der Waals surface area contributed by atoms with Gasteiger partial charge in [0.1, 0.15) is 5.21 Å². The van der Waals surface area contributed by atoms with E-state index in [1.807, 2.05) is 19.1 Å². The van der Waals surface area contributed by atoms with Gasteiger partial charge in [-0.1, -0.05) is 18.2 Å². The van der Waals surface area contributed by atoms with Gasteiger partial charge in [-0.05, 0) is 13.0 Å². The number of para-hydroxylation sites is 1. The van der Waals surface area contributed by atoms with Gasteiger partial charge in [-0.25, -0.2) is 8.42 Å². The molecule has 0 aliphatic heterocycles. The zero-order valence-electron chi connectivity index (χ0n) is 8.94. The highest BCUT2D eigenvalue weighted by molar-refractivity contribution is 7.93. The van der Waals surface area contributed by atoms with E-state index < -0.39 is 15.2 Å². The van der Waals surface area contributed by atoms with Crippen molar-refractivity contribution in [3.63, 3.8) is 0 Å². The SMILES string of the molecule is CCOCc1ccccc1NS(=O)(=O)CCl. The molecule has 0 saturated heterocycles. The first-order valence-corrected chi connectivity index (χ1v) is 7.00. The predicted molar refractivity (Wildman–Crippen MR) is 65.0 cm³/mol. The molecule has 16 heavy (non-hydrogen) atoms. The Morgan fingerprint density at radius 2 is 2.06 bits per heavy atom. The Kier molecular flexibility index (Phi) is 5.05. The number of hydrogen-bond donors (Lipinski definition) is 1. The van der Waals surface area contributed by atoms with Crippen molar-refractivity contribution in [2.24, 2.45) is 0 Å². The maximum atomic E-state index is 11.3. The number of ether oxygens (including phenoxy) is 1. The number of benzene rings is 1. The maximum Gasteiger partial charge on any atom is 0.246 e. The number of alkyl halides is 1. The third-order valence-corrected chi connectivity index (χ3v) is 3.57. The molecule has 0 spiro atoms. The van der Waals surface area contributed by atoms with Crippen LogP contribution in [0.4, 0.5) is 5.69 Å². The normalized spacial score (nSPS) is 11.4. The average molecular weight is 264 g/mol. The molecule has 1 rings (SSSR count). The lowest BCUT2D eigenvalue weighted by molar-refractivity contribution is 0.134. The number of sulfonamides is 1. The largest absolute Gasteiger partial charge is 0.377 e. The third kappa shape index (κ3) is 4.00. The van der Waals surface area contributed by atoms with Crippen molar-refractivity contribution in [2.75, 3.05) is 16.5 Å². The van der Waals surface area contributed by atoms with Crippen LogP contribution in [0.25, 0.3) is 0 Å². The molecule has 1 aromatic rings. The summed E-state index contributed by atoms with van der Waals surface area (Å²) in [6.07, 6.45) is 0. The Labute approximate surface area is 101 Å². The number of rotatable bonds is 6. The van der Waals surface area contributed by atoms with E-state index >= 15 is 0 Å². The van der Waals surface area contributed by atoms with Crippen LogP contribution in [0.3, 0.4) is 0 Å². The smallest absolute Gasteiger partial charge is 0.246 e. The van der Waals surface area contributed by atoms with Crippen LogP contribution in [0, 0.1) is 0 Å². The first kappa shape index (κ1) is 13.3. The van der Waals surface area contributed by atoms with E-state index in [-0.39, 0.29) is 0 Å². The molecule has 0 atom stereocenters. The second-order valence-electron chi connectivity index (χ2n) is 3.12. The first-order valence-electron chi connectivity index (χ1n) is 4.81. The molecule has 0 radical (unpaired) electrons. The fraction of sp³-hybridized carbons (Fsp3) is 0.400. The van der Waals surface area contributed by atoms with Crippen molar-refractivity contribution >= 4 is 27.3 Å². The molecule has 0 aromatic heterocycles. The topological polar surface area (TPSA) is 55.4 Å². The average Bonchev–Trinajstić information content (AvgIpc) is 2.27. The molecule has 0 unspecified atom stereocenters. The van der Waals surface area contributed by atoms with Gasteiger partial charge in [0, 0.05) is 12.2 Å². The number of nitrogens with one attached hydrogen (secondary N) is 1. The molecule has 6 heteroatoms. The van der Waals surface area contributed by atoms with Crippen LogP contribution in [0.1, 0.15) is 12.5 Å². The molecule has 4 nitrogen and oxygen atoms in total. The molecule has 1 aromatic carbocycles. The molecule has 0 saturated carbocycles. The van der Waals surface area contributed by atoms with Gasteiger partial charge in [-0.3, -0.25) is 4.72 Å². The van der Waals surface area contributed by atoms with Crippen LogP contribution >= 0.6 is 11.6 Å². The Morgan fingerprint density at radius 1 is 1.38 bits per heavy atom. The van der Waals surface area contributed by atoms with Gasteiger partial charge in [-0.2, -0.15) is 0 Å². The van der Waals surface area contributed by atoms with Crippen molar-refractivity contribution in [3.8, 4) is 0 Å². The lowest BCUT2D eigenvalue weighted by Crippen LogP contribution is -2.14. The highest BCUT2D eigenvalue weighted by atomic mass is 35.5. The van der Waals surface area contributed by atoms with Crippen LogP contribution in [0.2, 0.25) is 0 Å². The molecule has 1 N–H and O–H groups in total. The van der Waals surface area contributed by atoms with Gasteiger partial charge in [0.15, 0.2) is 0 Å². The summed E-state index contributed by atoms with van der Waals surface area (Å²) in [6, 6.07) is 7.06. The van der Waals surface area contributed by atoms with Crippen molar-refractivity contribution < 1.29 is 13.2 Å². The van der Waals surface area contributed by atoms with Gasteiger partial charge in [0.25, 0.3) is 0 Å². The number of hydrogen-bond acceptors (Lipinski definition) is 3. The van der Waals surface area contributed by atoms with Gasteiger partial charge in [0.2, 0.25) is 10.0 Å². The second-order valence-corrected chi connectivity index (χ2v) is 5.43. The Balaban J connectivity index is 2.86. The molecule has 0 heterocycles. The van der Waals surface area contributed by atoms with E-state index in [4.69, 9.17) is 16.3 Å². The monoisotopic (exact) mass is 263 g/mol. The van der Waals surface area contributed by atoms with Crippen molar-refractivity contribution in [3.05, 3.63) is 29.8 Å². The molecular formula is C10H14ClNO3S. The van der Waals surface area contributed by atoms with Crippen molar-refractivity contribution in [2.45, 2.75) is 13.5 Å². The summed E-state index contributed by atoms with van der Waals surface area (Å²) in [4.78, 5) is 0. The van der Waals surface area contributed by atoms with Crippen LogP contribution in [-0.4, -0.2) is 20.2 Å². The van der Waals surface area contributed by atoms with E-state index in [0.717, 1.165) is 5.56 Å². The summed E-state index contributed by atoms with van der Waals surface area (Å²) in [7, 11) is -3.46. The number of anilines is 1. The summed E-state index contributed by atoms with van der Waals surface area (Å²) in [5, 5.41) is -0.462. The van der Waals surface area contributed by atoms with Gasteiger partial charge < -0.3 is 4.74 Å². The zero-order valence-corrected chi connectivity index (χ0v) is 10.5. The molecule has 0 aliphatic carbocycles. The summed E-state index contributed by atoms with van der Waals surface area (Å²) in [5.74, 6) is 0. The van der Waals surface area contributed by atoms with Crippen LogP contribution in [-0.2, 0) is 21.4 Å². The lowest BCUT2D eigenvalue weighted by atomic mass is 10.2. The van der Waals surface area contributed by atoms with E-state index in [0.29, 0.717) is 18.9 Å². The third-order valence-electron chi connectivity index (χ3n) is 1.89. The molecule has 0 bridgehead atoms. The fourth-order valence-electron chi connectivity index (χ4n) is 1.15. The standard InChI is InChI=1S/C10H14ClNO3S/c1-2-15-7-9-5-3-4-6-10(9)12-16(13,14)8-11/h3-6,12H,2,7-8H2,1H3. The minimum atomic E-state index is -3.46. The van der Waals surface area contributed by atoms with Crippen LogP contribution in [0.5, 0.6) is 0 Å². The van der Waals surface area contributed by atoms with Gasteiger partial charge in [-0.15, -0.1) is 11.6 Å². The first-order chi connectivity index (χ1) is 7.59. The van der Waals surface area contributed by atoms with E-state index in [2.05, 4.69) is 4.72 Å². The minimum Gasteiger partial charge on any atom is -0.377 e. The predicted octanol–water partition coefficient (Wildman–Crippen LogP) is 2.16. The van der Waals surface area contributed by atoms with E-state index in [9.17, 15) is 8.42 Å². The Morgan fingerprint density at radius 3 is 2.69 bits per heavy atom. The summed E-state index contributed by atoms with van der Waals surface area (Å²) in [6.45, 7) is 2.83. The van der Waals surface area contributed by atoms with E-state index in [1.54, 1.807) is 12.1 Å². The van der Waals surface area contributed by atoms with Crippen molar-refractivity contribution in [1.29, 1.82) is 0 Å². The second kappa shape index (κ2) is 6.08. The Hall–Kier alpha value is -0.780. The number of halogens is 1. The van der Waals surface area contributed by atoms with E-state index in [1.165, 1.54) is 0 Å². The summed E-state index contributed by atoms with van der Waals surface area (Å²) >= 11 is 5.32. The molecule has 0 fully saturated rings. The fourth-order valence-corrected chi connectivity index (χ4v) is 1.90.